The van der Waals surface area contributed by atoms with Crippen LogP contribution in [0, 0.1) is 0 Å². The van der Waals surface area contributed by atoms with E-state index in [2.05, 4.69) is 15.4 Å². The molecule has 174 valence electrons. The summed E-state index contributed by atoms with van der Waals surface area (Å²) in [5, 5.41) is 7.66. The van der Waals surface area contributed by atoms with E-state index in [4.69, 9.17) is 4.74 Å². The SMILES string of the molecule is COc1ccc(C(NC(=O)c2cccc(-n3nccc3-c3ccccc3)c2)c2nccn2C)cc1. The number of methoxy groups -OCH3 is 1. The van der Waals surface area contributed by atoms with Crippen molar-refractivity contribution in [1.29, 1.82) is 0 Å². The van der Waals surface area contributed by atoms with Crippen molar-refractivity contribution in [2.24, 2.45) is 7.05 Å². The predicted octanol–water partition coefficient (Wildman–Crippen LogP) is 4.80. The third-order valence-corrected chi connectivity index (χ3v) is 5.91. The number of hydrogen-bond acceptors (Lipinski definition) is 4. The van der Waals surface area contributed by atoms with Gasteiger partial charge in [-0.15, -0.1) is 0 Å². The lowest BCUT2D eigenvalue weighted by Crippen LogP contribution is -2.31. The Morgan fingerprint density at radius 2 is 1.74 bits per heavy atom. The van der Waals surface area contributed by atoms with Crippen LogP contribution in [0.4, 0.5) is 0 Å². The molecule has 0 fully saturated rings. The summed E-state index contributed by atoms with van der Waals surface area (Å²) in [4.78, 5) is 17.9. The van der Waals surface area contributed by atoms with Crippen LogP contribution in [0.2, 0.25) is 0 Å². The molecule has 35 heavy (non-hydrogen) atoms. The first kappa shape index (κ1) is 22.2. The Labute approximate surface area is 203 Å². The highest BCUT2D eigenvalue weighted by atomic mass is 16.5. The van der Waals surface area contributed by atoms with Gasteiger partial charge in [-0.3, -0.25) is 4.79 Å². The first-order valence-corrected chi connectivity index (χ1v) is 11.3. The van der Waals surface area contributed by atoms with Crippen molar-refractivity contribution in [3.63, 3.8) is 0 Å². The van der Waals surface area contributed by atoms with Crippen molar-refractivity contribution in [2.45, 2.75) is 6.04 Å². The van der Waals surface area contributed by atoms with Crippen LogP contribution in [0.15, 0.2) is 104 Å². The molecule has 5 rings (SSSR count). The summed E-state index contributed by atoms with van der Waals surface area (Å²) >= 11 is 0. The second-order valence-electron chi connectivity index (χ2n) is 8.12. The third kappa shape index (κ3) is 4.56. The summed E-state index contributed by atoms with van der Waals surface area (Å²) in [6.07, 6.45) is 5.35. The number of aromatic nitrogens is 4. The van der Waals surface area contributed by atoms with Crippen LogP contribution in [0.25, 0.3) is 16.9 Å². The maximum Gasteiger partial charge on any atom is 0.252 e. The molecule has 0 aliphatic heterocycles. The predicted molar refractivity (Wildman–Crippen MR) is 135 cm³/mol. The van der Waals surface area contributed by atoms with Crippen molar-refractivity contribution in [3.8, 4) is 22.7 Å². The van der Waals surface area contributed by atoms with E-state index in [0.717, 1.165) is 34.1 Å². The van der Waals surface area contributed by atoms with Gasteiger partial charge >= 0.3 is 0 Å². The highest BCUT2D eigenvalue weighted by molar-refractivity contribution is 5.95. The van der Waals surface area contributed by atoms with Crippen molar-refractivity contribution in [1.82, 2.24) is 24.6 Å². The van der Waals surface area contributed by atoms with E-state index in [0.29, 0.717) is 5.56 Å². The zero-order valence-electron chi connectivity index (χ0n) is 19.5. The molecule has 2 aromatic heterocycles. The topological polar surface area (TPSA) is 74.0 Å². The molecule has 0 radical (unpaired) electrons. The van der Waals surface area contributed by atoms with Gasteiger partial charge in [-0.1, -0.05) is 48.5 Å². The van der Waals surface area contributed by atoms with Crippen LogP contribution in [0.1, 0.15) is 27.8 Å². The molecule has 7 nitrogen and oxygen atoms in total. The standard InChI is InChI=1S/C28H25N5O2/c1-32-18-17-29-27(32)26(21-11-13-24(35-2)14-12-21)31-28(34)22-9-6-10-23(19-22)33-25(15-16-30-33)20-7-4-3-5-8-20/h3-19,26H,1-2H3,(H,31,34). The van der Waals surface area contributed by atoms with Crippen LogP contribution in [0.5, 0.6) is 5.75 Å². The van der Waals surface area contributed by atoms with Gasteiger partial charge in [0.15, 0.2) is 0 Å². The van der Waals surface area contributed by atoms with Crippen molar-refractivity contribution in [3.05, 3.63) is 120 Å². The molecule has 0 saturated heterocycles. The molecule has 0 saturated carbocycles. The lowest BCUT2D eigenvalue weighted by atomic mass is 10.0. The van der Waals surface area contributed by atoms with Gasteiger partial charge in [0.25, 0.3) is 5.91 Å². The zero-order chi connectivity index (χ0) is 24.2. The monoisotopic (exact) mass is 463 g/mol. The normalized spacial score (nSPS) is 11.7. The number of nitrogens with one attached hydrogen (secondary N) is 1. The summed E-state index contributed by atoms with van der Waals surface area (Å²) in [5.41, 5.74) is 4.24. The lowest BCUT2D eigenvalue weighted by molar-refractivity contribution is 0.0941. The Morgan fingerprint density at radius 1 is 0.943 bits per heavy atom. The fourth-order valence-corrected chi connectivity index (χ4v) is 4.08. The number of aryl methyl sites for hydroxylation is 1. The molecule has 5 aromatic rings. The van der Waals surface area contributed by atoms with Crippen molar-refractivity contribution in [2.75, 3.05) is 7.11 Å². The third-order valence-electron chi connectivity index (χ3n) is 5.91. The van der Waals surface area contributed by atoms with Gasteiger partial charge in [-0.2, -0.15) is 5.10 Å². The van der Waals surface area contributed by atoms with Gasteiger partial charge in [0, 0.05) is 30.6 Å². The van der Waals surface area contributed by atoms with Gasteiger partial charge < -0.3 is 14.6 Å². The van der Waals surface area contributed by atoms with Crippen LogP contribution in [0.3, 0.4) is 0 Å². The maximum absolute atomic E-state index is 13.4. The number of nitrogens with zero attached hydrogens (tertiary/aromatic N) is 4. The van der Waals surface area contributed by atoms with Crippen LogP contribution >= 0.6 is 0 Å². The average Bonchev–Trinajstić information content (AvgIpc) is 3.57. The Hall–Kier alpha value is -4.65. The quantitative estimate of drug-likeness (QED) is 0.376. The fraction of sp³-hybridized carbons (Fsp3) is 0.107. The summed E-state index contributed by atoms with van der Waals surface area (Å²) < 4.78 is 9.03. The minimum atomic E-state index is -0.429. The summed E-state index contributed by atoms with van der Waals surface area (Å²) in [5.74, 6) is 1.28. The number of ether oxygens (including phenoxy) is 1. The smallest absolute Gasteiger partial charge is 0.252 e. The highest BCUT2D eigenvalue weighted by Gasteiger charge is 2.22. The highest BCUT2D eigenvalue weighted by Crippen LogP contribution is 2.25. The second kappa shape index (κ2) is 9.69. The minimum Gasteiger partial charge on any atom is -0.497 e. The fourth-order valence-electron chi connectivity index (χ4n) is 4.08. The molecular formula is C28H25N5O2. The second-order valence-corrected chi connectivity index (χ2v) is 8.12. The lowest BCUT2D eigenvalue weighted by Gasteiger charge is -2.20. The number of benzene rings is 3. The molecule has 7 heteroatoms. The number of hydrogen-bond donors (Lipinski definition) is 1. The van der Waals surface area contributed by atoms with Crippen LogP contribution in [-0.4, -0.2) is 32.3 Å². The van der Waals surface area contributed by atoms with Crippen LogP contribution < -0.4 is 10.1 Å². The number of carbonyl (C=O) groups excluding carboxylic acids is 1. The molecule has 1 unspecified atom stereocenters. The Morgan fingerprint density at radius 3 is 2.46 bits per heavy atom. The summed E-state index contributed by atoms with van der Waals surface area (Å²) in [6.45, 7) is 0. The van der Waals surface area contributed by atoms with Crippen molar-refractivity contribution < 1.29 is 9.53 Å². The van der Waals surface area contributed by atoms with E-state index in [-0.39, 0.29) is 5.91 Å². The Bertz CT molecular complexity index is 1440. The molecule has 1 N–H and O–H groups in total. The van der Waals surface area contributed by atoms with E-state index in [1.807, 2.05) is 101 Å². The number of imidazole rings is 1. The Balaban J connectivity index is 1.46. The maximum atomic E-state index is 13.4. The molecule has 1 amide bonds. The summed E-state index contributed by atoms with van der Waals surface area (Å²) in [6, 6.07) is 26.7. The van der Waals surface area contributed by atoms with Crippen molar-refractivity contribution >= 4 is 5.91 Å². The molecule has 3 aromatic carbocycles. The first-order chi connectivity index (χ1) is 17.1. The van der Waals surface area contributed by atoms with Crippen LogP contribution in [-0.2, 0) is 7.05 Å². The molecule has 1 atom stereocenters. The zero-order valence-corrected chi connectivity index (χ0v) is 19.5. The number of rotatable bonds is 7. The van der Waals surface area contributed by atoms with Gasteiger partial charge in [-0.25, -0.2) is 9.67 Å². The summed E-state index contributed by atoms with van der Waals surface area (Å²) in [7, 11) is 3.54. The van der Waals surface area contributed by atoms with E-state index < -0.39 is 6.04 Å². The molecule has 0 aliphatic carbocycles. The van der Waals surface area contributed by atoms with E-state index >= 15 is 0 Å². The average molecular weight is 464 g/mol. The van der Waals surface area contributed by atoms with Gasteiger partial charge in [-0.05, 0) is 42.0 Å². The van der Waals surface area contributed by atoms with E-state index in [1.165, 1.54) is 0 Å². The molecule has 2 heterocycles. The Kier molecular flexibility index (Phi) is 6.13. The van der Waals surface area contributed by atoms with E-state index in [9.17, 15) is 4.79 Å². The number of amides is 1. The van der Waals surface area contributed by atoms with Gasteiger partial charge in [0.05, 0.1) is 24.7 Å². The van der Waals surface area contributed by atoms with E-state index in [1.54, 1.807) is 25.6 Å². The van der Waals surface area contributed by atoms with Gasteiger partial charge in [0.1, 0.15) is 17.6 Å². The van der Waals surface area contributed by atoms with Gasteiger partial charge in [0.2, 0.25) is 0 Å². The molecule has 0 aliphatic rings. The number of carbonyl (C=O) groups is 1. The molecule has 0 bridgehead atoms. The molecule has 0 spiro atoms. The molecular weight excluding hydrogens is 438 g/mol. The largest absolute Gasteiger partial charge is 0.497 e. The first-order valence-electron chi connectivity index (χ1n) is 11.3. The minimum absolute atomic E-state index is 0.205.